The number of nitrogens with one attached hydrogen (secondary N) is 1. The van der Waals surface area contributed by atoms with Crippen molar-refractivity contribution in [1.82, 2.24) is 5.32 Å². The zero-order valence-electron chi connectivity index (χ0n) is 13.1. The van der Waals surface area contributed by atoms with E-state index in [0.29, 0.717) is 12.1 Å². The van der Waals surface area contributed by atoms with E-state index in [2.05, 4.69) is 12.2 Å². The third-order valence-electron chi connectivity index (χ3n) is 3.62. The average Bonchev–Trinajstić information content (AvgIpc) is 2.48. The lowest BCUT2D eigenvalue weighted by Gasteiger charge is -2.06. The smallest absolute Gasteiger partial charge is 0.124 e. The molecule has 0 aliphatic carbocycles. The molecule has 21 heavy (non-hydrogen) atoms. The van der Waals surface area contributed by atoms with Gasteiger partial charge >= 0.3 is 0 Å². The second-order valence-corrected chi connectivity index (χ2v) is 5.61. The molecule has 0 aliphatic rings. The maximum absolute atomic E-state index is 13.2. The van der Waals surface area contributed by atoms with Crippen molar-refractivity contribution in [3.05, 3.63) is 35.1 Å². The first-order chi connectivity index (χ1) is 10.3. The number of rotatable bonds is 11. The summed E-state index contributed by atoms with van der Waals surface area (Å²) < 4.78 is 13.2. The molecule has 0 aliphatic heterocycles. The largest absolute Gasteiger partial charge is 0.313 e. The molecule has 0 fully saturated rings. The Morgan fingerprint density at radius 3 is 2.33 bits per heavy atom. The molecule has 0 amide bonds. The number of hydrogen-bond donors (Lipinski definition) is 1. The van der Waals surface area contributed by atoms with Gasteiger partial charge in [0, 0.05) is 6.54 Å². The van der Waals surface area contributed by atoms with E-state index in [1.165, 1.54) is 57.1 Å². The van der Waals surface area contributed by atoms with E-state index < -0.39 is 0 Å². The number of nitrogens with zero attached hydrogens (tertiary/aromatic N) is 1. The van der Waals surface area contributed by atoms with Gasteiger partial charge in [-0.15, -0.1) is 0 Å². The summed E-state index contributed by atoms with van der Waals surface area (Å²) in [5.41, 5.74) is 1.23. The second-order valence-electron chi connectivity index (χ2n) is 5.61. The van der Waals surface area contributed by atoms with Gasteiger partial charge in [-0.2, -0.15) is 5.26 Å². The molecule has 0 bridgehead atoms. The van der Waals surface area contributed by atoms with Crippen LogP contribution >= 0.6 is 0 Å². The summed E-state index contributed by atoms with van der Waals surface area (Å²) in [4.78, 5) is 0. The first-order valence-corrected chi connectivity index (χ1v) is 8.16. The number of hydrogen-bond acceptors (Lipinski definition) is 2. The van der Waals surface area contributed by atoms with Gasteiger partial charge < -0.3 is 5.32 Å². The van der Waals surface area contributed by atoms with E-state index >= 15 is 0 Å². The van der Waals surface area contributed by atoms with Gasteiger partial charge in [-0.3, -0.25) is 0 Å². The van der Waals surface area contributed by atoms with Crippen LogP contribution in [0.2, 0.25) is 0 Å². The molecule has 1 aromatic carbocycles. The number of unbranched alkanes of at least 4 members (excludes halogenated alkanes) is 7. The summed E-state index contributed by atoms with van der Waals surface area (Å²) >= 11 is 0. The summed E-state index contributed by atoms with van der Waals surface area (Å²) in [5.74, 6) is -0.335. The third-order valence-corrected chi connectivity index (χ3v) is 3.62. The summed E-state index contributed by atoms with van der Waals surface area (Å²) in [7, 11) is 0. The number of benzene rings is 1. The zero-order valence-corrected chi connectivity index (χ0v) is 13.1. The molecular weight excluding hydrogens is 263 g/mol. The molecule has 2 nitrogen and oxygen atoms in total. The lowest BCUT2D eigenvalue weighted by molar-refractivity contribution is 0.554. The standard InChI is InChI=1S/C18H27FN2/c1-2-3-4-5-6-7-8-9-10-21-15-17-11-16(14-20)12-18(19)13-17/h11-13,21H,2-10,15H2,1H3. The van der Waals surface area contributed by atoms with E-state index in [-0.39, 0.29) is 5.82 Å². The Bertz CT molecular complexity index is 437. The van der Waals surface area contributed by atoms with Gasteiger partial charge in [-0.25, -0.2) is 4.39 Å². The van der Waals surface area contributed by atoms with Crippen LogP contribution in [0.5, 0.6) is 0 Å². The Labute approximate surface area is 128 Å². The monoisotopic (exact) mass is 290 g/mol. The maximum atomic E-state index is 13.2. The third kappa shape index (κ3) is 8.47. The molecule has 0 aromatic heterocycles. The Hall–Kier alpha value is -1.40. The van der Waals surface area contributed by atoms with Crippen molar-refractivity contribution in [2.24, 2.45) is 0 Å². The van der Waals surface area contributed by atoms with Crippen LogP contribution in [0.4, 0.5) is 4.39 Å². The Morgan fingerprint density at radius 1 is 1.00 bits per heavy atom. The van der Waals surface area contributed by atoms with Gasteiger partial charge in [0.15, 0.2) is 0 Å². The lowest BCUT2D eigenvalue weighted by Crippen LogP contribution is -2.14. The normalized spacial score (nSPS) is 10.5. The number of nitriles is 1. The van der Waals surface area contributed by atoms with Gasteiger partial charge in [0.1, 0.15) is 5.82 Å². The Balaban J connectivity index is 2.04. The van der Waals surface area contributed by atoms with Crippen LogP contribution in [0.3, 0.4) is 0 Å². The highest BCUT2D eigenvalue weighted by Crippen LogP contribution is 2.09. The van der Waals surface area contributed by atoms with Crippen LogP contribution in [-0.4, -0.2) is 6.54 Å². The molecule has 116 valence electrons. The first kappa shape index (κ1) is 17.7. The second kappa shape index (κ2) is 11.3. The van der Waals surface area contributed by atoms with Crippen molar-refractivity contribution >= 4 is 0 Å². The quantitative estimate of drug-likeness (QED) is 0.587. The fourth-order valence-corrected chi connectivity index (χ4v) is 2.43. The van der Waals surface area contributed by atoms with Gasteiger partial charge in [-0.05, 0) is 36.7 Å². The zero-order chi connectivity index (χ0) is 15.3. The molecule has 1 N–H and O–H groups in total. The minimum Gasteiger partial charge on any atom is -0.313 e. The predicted octanol–water partition coefficient (Wildman–Crippen LogP) is 4.93. The van der Waals surface area contributed by atoms with Crippen LogP contribution in [0.25, 0.3) is 0 Å². The average molecular weight is 290 g/mol. The van der Waals surface area contributed by atoms with Crippen LogP contribution in [0.15, 0.2) is 18.2 Å². The van der Waals surface area contributed by atoms with E-state index in [1.807, 2.05) is 6.07 Å². The maximum Gasteiger partial charge on any atom is 0.124 e. The molecule has 1 rings (SSSR count). The number of halogens is 1. The molecule has 0 saturated heterocycles. The highest BCUT2D eigenvalue weighted by Gasteiger charge is 2.00. The molecule has 0 unspecified atom stereocenters. The molecule has 0 saturated carbocycles. The highest BCUT2D eigenvalue weighted by molar-refractivity contribution is 5.33. The van der Waals surface area contributed by atoms with Crippen molar-refractivity contribution in [3.8, 4) is 6.07 Å². The van der Waals surface area contributed by atoms with Gasteiger partial charge in [0.2, 0.25) is 0 Å². The van der Waals surface area contributed by atoms with Crippen molar-refractivity contribution in [3.63, 3.8) is 0 Å². The molecule has 0 heterocycles. The van der Waals surface area contributed by atoms with E-state index in [9.17, 15) is 4.39 Å². The Morgan fingerprint density at radius 2 is 1.67 bits per heavy atom. The molecule has 3 heteroatoms. The fourth-order valence-electron chi connectivity index (χ4n) is 2.43. The molecular formula is C18H27FN2. The fraction of sp³-hybridized carbons (Fsp3) is 0.611. The van der Waals surface area contributed by atoms with Crippen LogP contribution < -0.4 is 5.32 Å². The van der Waals surface area contributed by atoms with Crippen LogP contribution in [0, 0.1) is 17.1 Å². The first-order valence-electron chi connectivity index (χ1n) is 8.16. The Kier molecular flexibility index (Phi) is 9.48. The minimum absolute atomic E-state index is 0.335. The minimum atomic E-state index is -0.335. The molecule has 0 spiro atoms. The van der Waals surface area contributed by atoms with E-state index in [0.717, 1.165) is 18.5 Å². The van der Waals surface area contributed by atoms with Crippen LogP contribution in [0.1, 0.15) is 69.4 Å². The molecule has 1 aromatic rings. The lowest BCUT2D eigenvalue weighted by atomic mass is 10.1. The summed E-state index contributed by atoms with van der Waals surface area (Å²) in [6.45, 7) is 3.82. The summed E-state index contributed by atoms with van der Waals surface area (Å²) in [6.07, 6.45) is 10.5. The topological polar surface area (TPSA) is 35.8 Å². The van der Waals surface area contributed by atoms with Gasteiger partial charge in [0.25, 0.3) is 0 Å². The highest BCUT2D eigenvalue weighted by atomic mass is 19.1. The molecule has 0 radical (unpaired) electrons. The SMILES string of the molecule is CCCCCCCCCCNCc1cc(F)cc(C#N)c1. The van der Waals surface area contributed by atoms with Crippen molar-refractivity contribution in [2.45, 2.75) is 64.8 Å². The van der Waals surface area contributed by atoms with Gasteiger partial charge in [-0.1, -0.05) is 51.9 Å². The molecule has 0 atom stereocenters. The summed E-state index contributed by atoms with van der Waals surface area (Å²) in [6, 6.07) is 6.47. The predicted molar refractivity (Wildman–Crippen MR) is 85.4 cm³/mol. The van der Waals surface area contributed by atoms with Crippen molar-refractivity contribution < 1.29 is 4.39 Å². The van der Waals surface area contributed by atoms with Crippen molar-refractivity contribution in [1.29, 1.82) is 5.26 Å². The van der Waals surface area contributed by atoms with E-state index in [4.69, 9.17) is 5.26 Å². The van der Waals surface area contributed by atoms with Gasteiger partial charge in [0.05, 0.1) is 11.6 Å². The van der Waals surface area contributed by atoms with Crippen molar-refractivity contribution in [2.75, 3.05) is 6.54 Å². The van der Waals surface area contributed by atoms with Crippen LogP contribution in [-0.2, 0) is 6.54 Å². The van der Waals surface area contributed by atoms with E-state index in [1.54, 1.807) is 6.07 Å². The summed E-state index contributed by atoms with van der Waals surface area (Å²) in [5, 5.41) is 12.1.